The minimum absolute atomic E-state index is 0.00946. The molecule has 0 aromatic heterocycles. The maximum Gasteiger partial charge on any atom is 0.296 e. The van der Waals surface area contributed by atoms with Gasteiger partial charge in [-0.05, 0) is 89.3 Å². The lowest BCUT2D eigenvalue weighted by atomic mass is 10.0. The smallest absolute Gasteiger partial charge is 0.296 e. The molecule has 0 unspecified atom stereocenters. The van der Waals surface area contributed by atoms with Crippen molar-refractivity contribution in [2.45, 2.75) is 14.7 Å². The summed E-state index contributed by atoms with van der Waals surface area (Å²) >= 11 is 0. The Kier molecular flexibility index (Phi) is 11.0. The third-order valence-electron chi connectivity index (χ3n) is 9.10. The van der Waals surface area contributed by atoms with Crippen molar-refractivity contribution in [2.24, 2.45) is 30.7 Å². The number of hydrogen-bond acceptors (Lipinski definition) is 17. The summed E-state index contributed by atoms with van der Waals surface area (Å²) in [7, 11) is -14.8. The second-order valence-electron chi connectivity index (χ2n) is 13.1. The Labute approximate surface area is 349 Å². The first kappa shape index (κ1) is 42.5. The average Bonchev–Trinajstić information content (AvgIpc) is 3.22. The predicted octanol–water partition coefficient (Wildman–Crippen LogP) is 9.42. The first-order valence-corrected chi connectivity index (χ1v) is 21.6. The lowest BCUT2D eigenvalue weighted by Gasteiger charge is -2.14. The third kappa shape index (κ3) is 8.80. The van der Waals surface area contributed by atoms with Crippen LogP contribution in [-0.2, 0) is 30.4 Å². The number of anilines is 2. The van der Waals surface area contributed by atoms with E-state index in [1.54, 1.807) is 42.5 Å². The van der Waals surface area contributed by atoms with Crippen LogP contribution in [0.25, 0.3) is 32.7 Å². The third-order valence-corrected chi connectivity index (χ3v) is 11.7. The molecule has 0 fully saturated rings. The van der Waals surface area contributed by atoms with E-state index in [0.717, 1.165) is 29.8 Å². The van der Waals surface area contributed by atoms with E-state index in [1.165, 1.54) is 48.5 Å². The topological polar surface area (TPSA) is 353 Å². The number of nitro benzene ring substituents is 1. The van der Waals surface area contributed by atoms with Crippen molar-refractivity contribution in [2.75, 3.05) is 11.5 Å². The number of nitrogens with zero attached hydrogens (tertiary/aromatic N) is 7. The molecule has 24 heteroatoms. The van der Waals surface area contributed by atoms with Crippen LogP contribution < -0.4 is 11.5 Å². The lowest BCUT2D eigenvalue weighted by Crippen LogP contribution is -2.03. The van der Waals surface area contributed by atoms with Crippen molar-refractivity contribution in [1.82, 2.24) is 0 Å². The van der Waals surface area contributed by atoms with Crippen molar-refractivity contribution < 1.29 is 48.9 Å². The summed E-state index contributed by atoms with van der Waals surface area (Å²) in [5.74, 6) is -0.963. The van der Waals surface area contributed by atoms with Crippen molar-refractivity contribution in [1.29, 1.82) is 0 Å². The van der Waals surface area contributed by atoms with Gasteiger partial charge in [0.15, 0.2) is 5.75 Å². The summed E-state index contributed by atoms with van der Waals surface area (Å²) in [6, 6.07) is 26.4. The molecule has 7 aromatic rings. The maximum atomic E-state index is 12.5. The number of phenolic OH excluding ortho intramolecular Hbond substituents is 1. The van der Waals surface area contributed by atoms with Crippen LogP contribution in [0.1, 0.15) is 0 Å². The normalized spacial score (nSPS) is 12.6. The predicted molar refractivity (Wildman–Crippen MR) is 225 cm³/mol. The highest BCUT2D eigenvalue weighted by molar-refractivity contribution is 7.86. The molecule has 0 radical (unpaired) electrons. The monoisotopic (exact) mass is 897 g/mol. The standard InChI is InChI=1S/C38H27N9O12S3/c39-30-15-16-31(28-14-13-27(19-29(28)30)60(51,52)53)44-41-23-5-1-20(2-6-23)21-3-7-24(8-4-21)43-46-37-33(62(57,58)59)18-22-17-32(61(54,55)56)36(35(40)34(22)38(37)48)45-42-25-9-11-26(12-10-25)47(49)50/h1-19,48H,39-40H2,(H,51,52,53)(H,54,55,56)(H,57,58,59)/b44-41+,45-42+,46-43+. The maximum absolute atomic E-state index is 12.5. The Morgan fingerprint density at radius 3 is 1.52 bits per heavy atom. The van der Waals surface area contributed by atoms with Crippen LogP contribution in [0.3, 0.4) is 0 Å². The number of azo groups is 3. The second-order valence-corrected chi connectivity index (χ2v) is 17.3. The lowest BCUT2D eigenvalue weighted by molar-refractivity contribution is -0.384. The fourth-order valence-electron chi connectivity index (χ4n) is 6.09. The number of benzene rings is 7. The molecule has 62 heavy (non-hydrogen) atoms. The molecule has 0 aliphatic heterocycles. The summed E-state index contributed by atoms with van der Waals surface area (Å²) < 4.78 is 102. The molecule has 0 heterocycles. The van der Waals surface area contributed by atoms with Crippen molar-refractivity contribution in [3.8, 4) is 16.9 Å². The molecule has 0 saturated carbocycles. The highest BCUT2D eigenvalue weighted by Crippen LogP contribution is 2.48. The number of fused-ring (bicyclic) bond motifs is 2. The number of nitro groups is 1. The van der Waals surface area contributed by atoms with Gasteiger partial charge in [0, 0.05) is 28.6 Å². The van der Waals surface area contributed by atoms with E-state index in [-0.39, 0.29) is 33.0 Å². The molecule has 0 bridgehead atoms. The molecule has 0 aliphatic rings. The van der Waals surface area contributed by atoms with Crippen molar-refractivity contribution in [3.05, 3.63) is 125 Å². The molecular formula is C38H27N9O12S3. The van der Waals surface area contributed by atoms with E-state index in [2.05, 4.69) is 30.7 Å². The van der Waals surface area contributed by atoms with Crippen LogP contribution in [-0.4, -0.2) is 48.9 Å². The molecule has 7 aromatic carbocycles. The zero-order valence-corrected chi connectivity index (χ0v) is 33.5. The molecule has 0 aliphatic carbocycles. The zero-order valence-electron chi connectivity index (χ0n) is 31.0. The SMILES string of the molecule is Nc1ccc(/N=N/c2ccc(-c3ccc(/N=N/c4c(S(=O)(=O)O)cc5cc(S(=O)(=O)O)c(/N=N/c6ccc([N+](=O)[O-])cc6)c(N)c5c4O)cc3)cc2)c2ccc(S(=O)(=O)O)cc12. The Morgan fingerprint density at radius 1 is 0.532 bits per heavy atom. The Hall–Kier alpha value is -7.61. The number of aromatic hydroxyl groups is 1. The summed E-state index contributed by atoms with van der Waals surface area (Å²) in [5.41, 5.74) is 12.7. The van der Waals surface area contributed by atoms with E-state index in [1.807, 2.05) is 0 Å². The Bertz CT molecular complexity index is 3420. The van der Waals surface area contributed by atoms with Gasteiger partial charge in [0.1, 0.15) is 21.2 Å². The van der Waals surface area contributed by atoms with E-state index >= 15 is 0 Å². The zero-order chi connectivity index (χ0) is 44.7. The molecule has 0 spiro atoms. The fourth-order valence-corrected chi connectivity index (χ4v) is 7.93. The van der Waals surface area contributed by atoms with E-state index in [0.29, 0.717) is 27.7 Å². The van der Waals surface area contributed by atoms with Gasteiger partial charge in [0.2, 0.25) is 0 Å². The van der Waals surface area contributed by atoms with Crippen LogP contribution in [0.15, 0.2) is 161 Å². The van der Waals surface area contributed by atoms with Gasteiger partial charge < -0.3 is 16.6 Å². The number of phenols is 1. The first-order chi connectivity index (χ1) is 29.2. The second kappa shape index (κ2) is 16.1. The number of rotatable bonds is 11. The van der Waals surface area contributed by atoms with Gasteiger partial charge in [-0.1, -0.05) is 30.3 Å². The Morgan fingerprint density at radius 2 is 1.02 bits per heavy atom. The van der Waals surface area contributed by atoms with E-state index < -0.39 is 73.3 Å². The van der Waals surface area contributed by atoms with Gasteiger partial charge in [0.05, 0.1) is 43.6 Å². The molecule has 7 rings (SSSR count). The fraction of sp³-hybridized carbons (Fsp3) is 0. The number of nitrogens with two attached hydrogens (primary N) is 2. The highest BCUT2D eigenvalue weighted by Gasteiger charge is 2.28. The minimum Gasteiger partial charge on any atom is -0.505 e. The first-order valence-electron chi connectivity index (χ1n) is 17.3. The van der Waals surface area contributed by atoms with Crippen LogP contribution in [0.4, 0.5) is 51.2 Å². The molecule has 314 valence electrons. The molecular weight excluding hydrogens is 871 g/mol. The van der Waals surface area contributed by atoms with Gasteiger partial charge >= 0.3 is 0 Å². The van der Waals surface area contributed by atoms with E-state index in [4.69, 9.17) is 11.5 Å². The molecule has 0 amide bonds. The van der Waals surface area contributed by atoms with Gasteiger partial charge in [-0.15, -0.1) is 15.3 Å². The van der Waals surface area contributed by atoms with E-state index in [9.17, 15) is 54.1 Å². The van der Waals surface area contributed by atoms with Gasteiger partial charge in [-0.2, -0.15) is 40.6 Å². The van der Waals surface area contributed by atoms with Crippen LogP contribution in [0, 0.1) is 10.1 Å². The van der Waals surface area contributed by atoms with Gasteiger partial charge in [-0.25, -0.2) is 0 Å². The summed E-state index contributed by atoms with van der Waals surface area (Å²) in [5, 5.41) is 46.5. The van der Waals surface area contributed by atoms with Gasteiger partial charge in [0.25, 0.3) is 36.0 Å². The largest absolute Gasteiger partial charge is 0.505 e. The highest BCUT2D eigenvalue weighted by atomic mass is 32.2. The minimum atomic E-state index is -5.17. The molecule has 21 nitrogen and oxygen atoms in total. The number of hydrogen-bond donors (Lipinski definition) is 6. The summed E-state index contributed by atoms with van der Waals surface area (Å²) in [4.78, 5) is 8.08. The Balaban J connectivity index is 1.17. The molecule has 0 saturated heterocycles. The van der Waals surface area contributed by atoms with Crippen molar-refractivity contribution >= 4 is 103 Å². The number of non-ortho nitro benzene ring substituents is 1. The molecule has 8 N–H and O–H groups in total. The number of nitrogen functional groups attached to an aromatic ring is 2. The summed E-state index contributed by atoms with van der Waals surface area (Å²) in [6.45, 7) is 0. The average molecular weight is 898 g/mol. The van der Waals surface area contributed by atoms with Crippen LogP contribution in [0.2, 0.25) is 0 Å². The van der Waals surface area contributed by atoms with Gasteiger partial charge in [-0.3, -0.25) is 23.8 Å². The quantitative estimate of drug-likeness (QED) is 0.0231. The molecule has 0 atom stereocenters. The summed E-state index contributed by atoms with van der Waals surface area (Å²) in [6.07, 6.45) is 0. The van der Waals surface area contributed by atoms with Crippen LogP contribution in [0.5, 0.6) is 5.75 Å². The van der Waals surface area contributed by atoms with Crippen molar-refractivity contribution in [3.63, 3.8) is 0 Å². The van der Waals surface area contributed by atoms with Crippen LogP contribution >= 0.6 is 0 Å².